The van der Waals surface area contributed by atoms with E-state index in [1.54, 1.807) is 12.4 Å². The number of carbonyl (C=O) groups is 1. The van der Waals surface area contributed by atoms with E-state index in [1.165, 1.54) is 30.2 Å². The van der Waals surface area contributed by atoms with Crippen molar-refractivity contribution < 1.29 is 4.79 Å². The summed E-state index contributed by atoms with van der Waals surface area (Å²) >= 11 is 1.28. The summed E-state index contributed by atoms with van der Waals surface area (Å²) in [5.41, 5.74) is 8.40. The Morgan fingerprint density at radius 1 is 1.19 bits per heavy atom. The lowest BCUT2D eigenvalue weighted by Crippen LogP contribution is -2.13. The summed E-state index contributed by atoms with van der Waals surface area (Å²) in [6.07, 6.45) is 6.88. The third-order valence-corrected chi connectivity index (χ3v) is 4.86. The number of nitrogens with two attached hydrogens (primary N) is 1. The lowest BCUT2D eigenvalue weighted by molar-refractivity contribution is -0.115. The van der Waals surface area contributed by atoms with Crippen molar-refractivity contribution in [2.75, 3.05) is 5.75 Å². The summed E-state index contributed by atoms with van der Waals surface area (Å²) in [7, 11) is 0. The molecule has 3 rings (SSSR count). The lowest BCUT2D eigenvalue weighted by Gasteiger charge is -2.11. The van der Waals surface area contributed by atoms with Crippen LogP contribution in [0, 0.1) is 0 Å². The minimum Gasteiger partial charge on any atom is -0.369 e. The fourth-order valence-corrected chi connectivity index (χ4v) is 3.30. The number of hydrogen-bond acceptors (Lipinski definition) is 5. The van der Waals surface area contributed by atoms with Gasteiger partial charge in [-0.25, -0.2) is 0 Å². The Morgan fingerprint density at radius 2 is 2.00 bits per heavy atom. The van der Waals surface area contributed by atoms with Crippen LogP contribution in [0.2, 0.25) is 0 Å². The van der Waals surface area contributed by atoms with Gasteiger partial charge in [-0.05, 0) is 42.7 Å². The summed E-state index contributed by atoms with van der Waals surface area (Å²) in [5, 5.41) is 9.19. The van der Waals surface area contributed by atoms with Crippen LogP contribution in [0.15, 0.2) is 53.9 Å². The Labute approximate surface area is 156 Å². The van der Waals surface area contributed by atoms with Crippen molar-refractivity contribution in [3.05, 3.63) is 54.4 Å². The quantitative estimate of drug-likeness (QED) is 0.618. The van der Waals surface area contributed by atoms with Crippen LogP contribution in [-0.2, 0) is 11.2 Å². The molecule has 0 aliphatic heterocycles. The maximum Gasteiger partial charge on any atom is 0.227 e. The SMILES string of the molecule is CCCCc1ccc(-n2c(SCC(N)=O)nnc2-c2cccnc2)cc1. The summed E-state index contributed by atoms with van der Waals surface area (Å²) in [6, 6.07) is 12.2. The van der Waals surface area contributed by atoms with Crippen molar-refractivity contribution in [2.45, 2.75) is 31.3 Å². The number of thioether (sulfide) groups is 1. The molecule has 134 valence electrons. The molecule has 0 unspecified atom stereocenters. The number of unbranched alkanes of at least 4 members (excludes halogenated alkanes) is 1. The molecular formula is C19H21N5OS. The normalized spacial score (nSPS) is 10.8. The predicted molar refractivity (Wildman–Crippen MR) is 103 cm³/mol. The number of carbonyl (C=O) groups excluding carboxylic acids is 1. The molecule has 0 aliphatic carbocycles. The molecule has 3 aromatic rings. The molecule has 6 nitrogen and oxygen atoms in total. The molecule has 0 saturated heterocycles. The average Bonchev–Trinajstić information content (AvgIpc) is 3.10. The maximum absolute atomic E-state index is 11.2. The Hall–Kier alpha value is -2.67. The molecule has 1 amide bonds. The molecule has 26 heavy (non-hydrogen) atoms. The van der Waals surface area contributed by atoms with Gasteiger partial charge in [0.15, 0.2) is 11.0 Å². The van der Waals surface area contributed by atoms with Crippen molar-refractivity contribution >= 4 is 17.7 Å². The highest BCUT2D eigenvalue weighted by atomic mass is 32.2. The van der Waals surface area contributed by atoms with E-state index in [2.05, 4.69) is 46.4 Å². The van der Waals surface area contributed by atoms with E-state index in [0.29, 0.717) is 11.0 Å². The number of nitrogens with zero attached hydrogens (tertiary/aromatic N) is 4. The van der Waals surface area contributed by atoms with E-state index in [4.69, 9.17) is 5.73 Å². The number of aromatic nitrogens is 4. The summed E-state index contributed by atoms with van der Waals surface area (Å²) in [5.74, 6) is 0.452. The Morgan fingerprint density at radius 3 is 2.65 bits per heavy atom. The maximum atomic E-state index is 11.2. The zero-order valence-electron chi connectivity index (χ0n) is 14.6. The zero-order valence-corrected chi connectivity index (χ0v) is 15.4. The number of rotatable bonds is 8. The Bertz CT molecular complexity index is 861. The molecule has 0 spiro atoms. The van der Waals surface area contributed by atoms with Crippen LogP contribution in [0.1, 0.15) is 25.3 Å². The predicted octanol–water partition coefficient (Wildman–Crippen LogP) is 3.25. The van der Waals surface area contributed by atoms with Crippen LogP contribution in [-0.4, -0.2) is 31.4 Å². The van der Waals surface area contributed by atoms with Gasteiger partial charge in [0.2, 0.25) is 5.91 Å². The van der Waals surface area contributed by atoms with Crippen molar-refractivity contribution in [3.8, 4) is 17.1 Å². The molecule has 2 heterocycles. The van der Waals surface area contributed by atoms with Gasteiger partial charge in [0.1, 0.15) is 0 Å². The van der Waals surface area contributed by atoms with Crippen LogP contribution < -0.4 is 5.73 Å². The molecule has 2 aromatic heterocycles. The molecule has 0 radical (unpaired) electrons. The summed E-state index contributed by atoms with van der Waals surface area (Å²) in [4.78, 5) is 15.3. The second-order valence-corrected chi connectivity index (χ2v) is 6.85. The van der Waals surface area contributed by atoms with Crippen LogP contribution in [0.4, 0.5) is 0 Å². The molecule has 0 fully saturated rings. The van der Waals surface area contributed by atoms with Crippen LogP contribution in [0.25, 0.3) is 17.1 Å². The monoisotopic (exact) mass is 367 g/mol. The second kappa shape index (κ2) is 8.62. The van der Waals surface area contributed by atoms with Gasteiger partial charge in [-0.2, -0.15) is 0 Å². The van der Waals surface area contributed by atoms with Gasteiger partial charge in [0, 0.05) is 23.6 Å². The highest BCUT2D eigenvalue weighted by molar-refractivity contribution is 7.99. The molecule has 0 aliphatic rings. The van der Waals surface area contributed by atoms with Crippen molar-refractivity contribution in [3.63, 3.8) is 0 Å². The molecular weight excluding hydrogens is 346 g/mol. The Balaban J connectivity index is 1.99. The van der Waals surface area contributed by atoms with Gasteiger partial charge in [-0.3, -0.25) is 14.3 Å². The minimum absolute atomic E-state index is 0.153. The molecule has 1 aromatic carbocycles. The third-order valence-electron chi connectivity index (χ3n) is 3.91. The van der Waals surface area contributed by atoms with Crippen molar-refractivity contribution in [1.82, 2.24) is 19.7 Å². The van der Waals surface area contributed by atoms with Crippen LogP contribution in [0.3, 0.4) is 0 Å². The number of aryl methyl sites for hydroxylation is 1. The molecule has 0 saturated carbocycles. The number of benzene rings is 1. The first-order valence-electron chi connectivity index (χ1n) is 8.55. The summed E-state index contributed by atoms with van der Waals surface area (Å²) < 4.78 is 1.94. The zero-order chi connectivity index (χ0) is 18.4. The highest BCUT2D eigenvalue weighted by Crippen LogP contribution is 2.27. The van der Waals surface area contributed by atoms with E-state index in [0.717, 1.165) is 17.7 Å². The van der Waals surface area contributed by atoms with Crippen molar-refractivity contribution in [1.29, 1.82) is 0 Å². The molecule has 7 heteroatoms. The van der Waals surface area contributed by atoms with E-state index < -0.39 is 0 Å². The number of amides is 1. The molecule has 0 atom stereocenters. The van der Waals surface area contributed by atoms with E-state index in [-0.39, 0.29) is 11.7 Å². The largest absolute Gasteiger partial charge is 0.369 e. The number of pyridine rings is 1. The highest BCUT2D eigenvalue weighted by Gasteiger charge is 2.17. The number of hydrogen-bond donors (Lipinski definition) is 1. The van der Waals surface area contributed by atoms with Gasteiger partial charge < -0.3 is 5.73 Å². The second-order valence-electron chi connectivity index (χ2n) is 5.91. The van der Waals surface area contributed by atoms with Gasteiger partial charge in [-0.1, -0.05) is 37.2 Å². The third kappa shape index (κ3) is 4.29. The van der Waals surface area contributed by atoms with E-state index >= 15 is 0 Å². The van der Waals surface area contributed by atoms with E-state index in [9.17, 15) is 4.79 Å². The van der Waals surface area contributed by atoms with Crippen molar-refractivity contribution in [2.24, 2.45) is 5.73 Å². The average molecular weight is 367 g/mol. The first-order chi connectivity index (χ1) is 12.7. The summed E-state index contributed by atoms with van der Waals surface area (Å²) in [6.45, 7) is 2.19. The molecule has 0 bridgehead atoms. The van der Waals surface area contributed by atoms with Gasteiger partial charge >= 0.3 is 0 Å². The van der Waals surface area contributed by atoms with Gasteiger partial charge in [0.05, 0.1) is 5.75 Å². The van der Waals surface area contributed by atoms with Crippen LogP contribution >= 0.6 is 11.8 Å². The van der Waals surface area contributed by atoms with E-state index in [1.807, 2.05) is 16.7 Å². The van der Waals surface area contributed by atoms with Gasteiger partial charge in [0.25, 0.3) is 0 Å². The Kier molecular flexibility index (Phi) is 6.01. The fraction of sp³-hybridized carbons (Fsp3) is 0.263. The molecule has 2 N–H and O–H groups in total. The lowest BCUT2D eigenvalue weighted by atomic mass is 10.1. The smallest absolute Gasteiger partial charge is 0.227 e. The van der Waals surface area contributed by atoms with Gasteiger partial charge in [-0.15, -0.1) is 10.2 Å². The topological polar surface area (TPSA) is 86.7 Å². The fourth-order valence-electron chi connectivity index (χ4n) is 2.61. The van der Waals surface area contributed by atoms with Crippen LogP contribution in [0.5, 0.6) is 0 Å². The number of primary amides is 1. The first-order valence-corrected chi connectivity index (χ1v) is 9.54. The standard InChI is InChI=1S/C19H21N5OS/c1-2-3-5-14-7-9-16(10-8-14)24-18(15-6-4-11-21-12-15)22-23-19(24)26-13-17(20)25/h4,6-12H,2-3,5,13H2,1H3,(H2,20,25). The minimum atomic E-state index is -0.387. The first kappa shape index (κ1) is 18.1.